The smallest absolute Gasteiger partial charge is 0.290 e. The molecule has 3 heterocycles. The number of carbonyl (C=O) groups excluding carboxylic acids is 2. The summed E-state index contributed by atoms with van der Waals surface area (Å²) in [5.41, 5.74) is 1.42. The Kier molecular flexibility index (Phi) is 5.39. The predicted octanol–water partition coefficient (Wildman–Crippen LogP) is 3.22. The Balaban J connectivity index is 1.63. The predicted molar refractivity (Wildman–Crippen MR) is 113 cm³/mol. The van der Waals surface area contributed by atoms with Crippen LogP contribution in [0.25, 0.3) is 11.0 Å². The zero-order valence-electron chi connectivity index (χ0n) is 17.4. The van der Waals surface area contributed by atoms with Gasteiger partial charge in [-0.05, 0) is 25.0 Å². The summed E-state index contributed by atoms with van der Waals surface area (Å²) in [6.45, 7) is 2.52. The van der Waals surface area contributed by atoms with Gasteiger partial charge < -0.3 is 19.5 Å². The number of nitrogens with one attached hydrogen (secondary N) is 1. The number of furan rings is 1. The molecule has 2 amide bonds. The summed E-state index contributed by atoms with van der Waals surface area (Å²) < 4.78 is 5.79. The first-order chi connectivity index (χ1) is 14.5. The fourth-order valence-corrected chi connectivity index (χ4v) is 3.74. The van der Waals surface area contributed by atoms with Gasteiger partial charge in [0.1, 0.15) is 11.4 Å². The molecule has 8 nitrogen and oxygen atoms in total. The topological polar surface area (TPSA) is 91.6 Å². The molecule has 4 rings (SSSR count). The van der Waals surface area contributed by atoms with Crippen molar-refractivity contribution in [1.29, 1.82) is 0 Å². The molecule has 2 aromatic heterocycles. The van der Waals surface area contributed by atoms with Gasteiger partial charge in [-0.2, -0.15) is 0 Å². The molecular weight excluding hydrogens is 382 g/mol. The molecule has 1 aliphatic heterocycles. The van der Waals surface area contributed by atoms with Crippen LogP contribution in [0.2, 0.25) is 0 Å². The van der Waals surface area contributed by atoms with Crippen molar-refractivity contribution in [3.8, 4) is 0 Å². The number of rotatable bonds is 5. The molecule has 1 aliphatic rings. The molecule has 0 spiro atoms. The molecule has 0 bridgehead atoms. The number of amides is 2. The highest BCUT2D eigenvalue weighted by Crippen LogP contribution is 2.33. The maximum absolute atomic E-state index is 13.2. The Hall–Kier alpha value is -3.42. The quantitative estimate of drug-likeness (QED) is 0.698. The van der Waals surface area contributed by atoms with Crippen molar-refractivity contribution in [3.05, 3.63) is 53.7 Å². The van der Waals surface area contributed by atoms with Crippen LogP contribution in [0.5, 0.6) is 0 Å². The van der Waals surface area contributed by atoms with Crippen LogP contribution in [-0.4, -0.2) is 52.2 Å². The van der Waals surface area contributed by atoms with Crippen molar-refractivity contribution < 1.29 is 14.0 Å². The minimum absolute atomic E-state index is 0.0382. The third-order valence-corrected chi connectivity index (χ3v) is 5.44. The van der Waals surface area contributed by atoms with Gasteiger partial charge in [0.05, 0.1) is 18.3 Å². The van der Waals surface area contributed by atoms with E-state index < -0.39 is 0 Å². The first-order valence-corrected chi connectivity index (χ1v) is 10.0. The van der Waals surface area contributed by atoms with Crippen LogP contribution >= 0.6 is 0 Å². The van der Waals surface area contributed by atoms with Gasteiger partial charge in [-0.1, -0.05) is 18.2 Å². The number of fused-ring (bicyclic) bond motifs is 1. The molecule has 156 valence electrons. The van der Waals surface area contributed by atoms with Gasteiger partial charge >= 0.3 is 0 Å². The van der Waals surface area contributed by atoms with Gasteiger partial charge in [0.15, 0.2) is 11.6 Å². The lowest BCUT2D eigenvalue weighted by molar-refractivity contribution is -0.128. The Morgan fingerprint density at radius 1 is 1.27 bits per heavy atom. The maximum Gasteiger partial charge on any atom is 0.290 e. The summed E-state index contributed by atoms with van der Waals surface area (Å²) in [5.74, 6) is 1.37. The van der Waals surface area contributed by atoms with E-state index in [0.29, 0.717) is 36.1 Å². The van der Waals surface area contributed by atoms with E-state index in [0.717, 1.165) is 23.9 Å². The van der Waals surface area contributed by atoms with Crippen molar-refractivity contribution in [3.63, 3.8) is 0 Å². The number of carbonyl (C=O) groups is 2. The fourth-order valence-electron chi connectivity index (χ4n) is 3.74. The zero-order valence-corrected chi connectivity index (χ0v) is 17.4. The molecule has 1 N–H and O–H groups in total. The van der Waals surface area contributed by atoms with Gasteiger partial charge in [0.2, 0.25) is 5.91 Å². The molecule has 3 aromatic rings. The second-order valence-corrected chi connectivity index (χ2v) is 7.53. The Morgan fingerprint density at radius 2 is 2.07 bits per heavy atom. The highest BCUT2D eigenvalue weighted by atomic mass is 16.3. The molecule has 1 fully saturated rings. The number of anilines is 1. The minimum Gasteiger partial charge on any atom is -0.451 e. The average Bonchev–Trinajstić information content (AvgIpc) is 3.40. The number of likely N-dealkylation sites (tertiary alicyclic amines) is 1. The van der Waals surface area contributed by atoms with Crippen molar-refractivity contribution in [2.45, 2.75) is 32.4 Å². The molecule has 1 aromatic carbocycles. The van der Waals surface area contributed by atoms with E-state index in [-0.39, 0.29) is 17.9 Å². The fraction of sp³-hybridized carbons (Fsp3) is 0.364. The third kappa shape index (κ3) is 3.85. The largest absolute Gasteiger partial charge is 0.451 e. The van der Waals surface area contributed by atoms with E-state index in [1.807, 2.05) is 30.3 Å². The van der Waals surface area contributed by atoms with Gasteiger partial charge in [0.25, 0.3) is 5.91 Å². The first kappa shape index (κ1) is 19.9. The standard InChI is InChI=1S/C22H25N5O3/c1-14(28)26(3)13-16-12-20(23-2)25-21(24-16)17-8-6-10-27(17)22(29)19-11-15-7-4-5-9-18(15)30-19/h4-5,7,9,11-12,17H,6,8,10,13H2,1-3H3,(H,23,24,25)/t17-/m1/s1. The average molecular weight is 407 g/mol. The lowest BCUT2D eigenvalue weighted by atomic mass is 10.2. The van der Waals surface area contributed by atoms with Gasteiger partial charge in [0, 0.05) is 39.0 Å². The number of para-hydroxylation sites is 1. The Bertz CT molecular complexity index is 1060. The SMILES string of the molecule is CNc1cc(CN(C)C(C)=O)nc([C@H]2CCCN2C(=O)c2cc3ccccc3o2)n1. The van der Waals surface area contributed by atoms with E-state index in [9.17, 15) is 9.59 Å². The molecule has 0 unspecified atom stereocenters. The van der Waals surface area contributed by atoms with E-state index in [2.05, 4.69) is 15.3 Å². The number of nitrogens with zero attached hydrogens (tertiary/aromatic N) is 4. The second-order valence-electron chi connectivity index (χ2n) is 7.53. The van der Waals surface area contributed by atoms with Gasteiger partial charge in [-0.15, -0.1) is 0 Å². The molecule has 1 atom stereocenters. The normalized spacial score (nSPS) is 16.1. The van der Waals surface area contributed by atoms with Crippen molar-refractivity contribution in [2.75, 3.05) is 26.0 Å². The lowest BCUT2D eigenvalue weighted by Crippen LogP contribution is -2.32. The molecule has 0 radical (unpaired) electrons. The number of hydrogen-bond donors (Lipinski definition) is 1. The summed E-state index contributed by atoms with van der Waals surface area (Å²) in [6.07, 6.45) is 1.65. The first-order valence-electron chi connectivity index (χ1n) is 10.0. The summed E-state index contributed by atoms with van der Waals surface area (Å²) in [5, 5.41) is 3.95. The zero-order chi connectivity index (χ0) is 21.3. The molecule has 8 heteroatoms. The van der Waals surface area contributed by atoms with Crippen LogP contribution in [0.15, 0.2) is 40.8 Å². The van der Waals surface area contributed by atoms with Crippen LogP contribution in [0.3, 0.4) is 0 Å². The molecule has 0 aliphatic carbocycles. The van der Waals surface area contributed by atoms with E-state index in [4.69, 9.17) is 4.42 Å². The summed E-state index contributed by atoms with van der Waals surface area (Å²) in [7, 11) is 3.52. The van der Waals surface area contributed by atoms with Crippen LogP contribution in [-0.2, 0) is 11.3 Å². The van der Waals surface area contributed by atoms with Gasteiger partial charge in [-0.25, -0.2) is 9.97 Å². The molecule has 0 saturated carbocycles. The molecular formula is C22H25N5O3. The van der Waals surface area contributed by atoms with Crippen LogP contribution < -0.4 is 5.32 Å². The number of benzene rings is 1. The van der Waals surface area contributed by atoms with Crippen molar-refractivity contribution in [2.24, 2.45) is 0 Å². The van der Waals surface area contributed by atoms with Gasteiger partial charge in [-0.3, -0.25) is 9.59 Å². The number of hydrogen-bond acceptors (Lipinski definition) is 6. The van der Waals surface area contributed by atoms with E-state index in [1.54, 1.807) is 30.0 Å². The summed E-state index contributed by atoms with van der Waals surface area (Å²) in [6, 6.07) is 10.9. The van der Waals surface area contributed by atoms with Crippen molar-refractivity contribution >= 4 is 28.6 Å². The monoisotopic (exact) mass is 407 g/mol. The highest BCUT2D eigenvalue weighted by Gasteiger charge is 2.34. The van der Waals surface area contributed by atoms with Crippen LogP contribution in [0, 0.1) is 0 Å². The maximum atomic E-state index is 13.2. The molecule has 30 heavy (non-hydrogen) atoms. The second kappa shape index (κ2) is 8.14. The summed E-state index contributed by atoms with van der Waals surface area (Å²) >= 11 is 0. The van der Waals surface area contributed by atoms with E-state index in [1.165, 1.54) is 6.92 Å². The lowest BCUT2D eigenvalue weighted by Gasteiger charge is -2.24. The minimum atomic E-state index is -0.236. The highest BCUT2D eigenvalue weighted by molar-refractivity contribution is 5.96. The third-order valence-electron chi connectivity index (χ3n) is 5.44. The van der Waals surface area contributed by atoms with Crippen molar-refractivity contribution in [1.82, 2.24) is 19.8 Å². The van der Waals surface area contributed by atoms with Crippen LogP contribution in [0.1, 0.15) is 47.9 Å². The van der Waals surface area contributed by atoms with Crippen LogP contribution in [0.4, 0.5) is 5.82 Å². The number of aromatic nitrogens is 2. The summed E-state index contributed by atoms with van der Waals surface area (Å²) in [4.78, 5) is 37.5. The Morgan fingerprint density at radius 3 is 2.80 bits per heavy atom. The molecule has 1 saturated heterocycles. The Labute approximate surface area is 174 Å². The van der Waals surface area contributed by atoms with E-state index >= 15 is 0 Å².